The molecule has 2 rings (SSSR count). The largest absolute Gasteiger partial charge is 0.0620 e. The summed E-state index contributed by atoms with van der Waals surface area (Å²) in [6.07, 6.45) is 1.09. The summed E-state index contributed by atoms with van der Waals surface area (Å²) in [5.41, 5.74) is 7.97. The summed E-state index contributed by atoms with van der Waals surface area (Å²) in [5, 5.41) is 0. The van der Waals surface area contributed by atoms with Crippen LogP contribution < -0.4 is 0 Å². The van der Waals surface area contributed by atoms with Gasteiger partial charge >= 0.3 is 0 Å². The lowest BCUT2D eigenvalue weighted by Gasteiger charge is -2.34. The molecule has 0 nitrogen and oxygen atoms in total. The summed E-state index contributed by atoms with van der Waals surface area (Å²) in [6.45, 7) is 23.4. The van der Waals surface area contributed by atoms with E-state index >= 15 is 0 Å². The Hall–Kier alpha value is -1.56. The molecule has 0 aliphatic heterocycles. The Morgan fingerprint density at radius 2 is 1.15 bits per heavy atom. The minimum Gasteiger partial charge on any atom is -0.0620 e. The van der Waals surface area contributed by atoms with Crippen LogP contribution in [0.1, 0.15) is 103 Å². The van der Waals surface area contributed by atoms with Gasteiger partial charge in [-0.2, -0.15) is 0 Å². The quantitative estimate of drug-likeness (QED) is 0.518. The Kier molecular flexibility index (Phi) is 6.00. The molecular weight excluding hydrogens is 324 g/mol. The lowest BCUT2D eigenvalue weighted by Crippen LogP contribution is -2.25. The van der Waals surface area contributed by atoms with Gasteiger partial charge in [-0.05, 0) is 56.4 Å². The number of hydrogen-bond donors (Lipinski definition) is 0. The van der Waals surface area contributed by atoms with Crippen molar-refractivity contribution in [3.05, 3.63) is 70.3 Å². The maximum atomic E-state index is 2.40. The van der Waals surface area contributed by atoms with E-state index < -0.39 is 0 Å². The van der Waals surface area contributed by atoms with Crippen LogP contribution in [0.25, 0.3) is 0 Å². The first-order chi connectivity index (χ1) is 12.2. The van der Waals surface area contributed by atoms with Crippen molar-refractivity contribution in [3.8, 4) is 0 Å². The van der Waals surface area contributed by atoms with Gasteiger partial charge in [0.25, 0.3) is 0 Å². The Labute approximate surface area is 168 Å². The predicted molar refractivity (Wildman–Crippen MR) is 121 cm³/mol. The van der Waals surface area contributed by atoms with E-state index in [0.29, 0.717) is 5.92 Å². The second-order valence-electron chi connectivity index (χ2n) is 11.3. The topological polar surface area (TPSA) is 0 Å². The Morgan fingerprint density at radius 3 is 1.67 bits per heavy atom. The highest BCUT2D eigenvalue weighted by atomic mass is 14.3. The average Bonchev–Trinajstić information content (AvgIpc) is 2.52. The normalized spacial score (nSPS) is 14.3. The maximum absolute atomic E-state index is 2.40. The Bertz CT molecular complexity index is 773. The third-order valence-corrected chi connectivity index (χ3v) is 5.54. The van der Waals surface area contributed by atoms with E-state index in [1.54, 1.807) is 5.56 Å². The molecule has 0 aromatic heterocycles. The molecule has 0 heterocycles. The lowest BCUT2D eigenvalue weighted by atomic mass is 9.70. The first kappa shape index (κ1) is 21.7. The number of rotatable bonds is 3. The van der Waals surface area contributed by atoms with Crippen molar-refractivity contribution in [2.75, 3.05) is 0 Å². The molecule has 0 fully saturated rings. The molecule has 1 atom stereocenters. The van der Waals surface area contributed by atoms with E-state index in [0.717, 1.165) is 6.42 Å². The molecule has 0 amide bonds. The Balaban J connectivity index is 2.54. The molecule has 148 valence electrons. The van der Waals surface area contributed by atoms with Crippen LogP contribution in [-0.2, 0) is 22.7 Å². The fourth-order valence-corrected chi connectivity index (χ4v) is 4.31. The summed E-state index contributed by atoms with van der Waals surface area (Å²) in [5.74, 6) is 0.491. The van der Waals surface area contributed by atoms with Crippen LogP contribution in [0.4, 0.5) is 0 Å². The molecule has 0 N–H and O–H groups in total. The van der Waals surface area contributed by atoms with E-state index in [1.165, 1.54) is 22.3 Å². The van der Waals surface area contributed by atoms with Crippen LogP contribution in [-0.4, -0.2) is 0 Å². The van der Waals surface area contributed by atoms with Crippen LogP contribution in [0, 0.1) is 0 Å². The molecule has 0 aliphatic rings. The highest BCUT2D eigenvalue weighted by Gasteiger charge is 2.29. The molecule has 0 bridgehead atoms. The van der Waals surface area contributed by atoms with Crippen molar-refractivity contribution < 1.29 is 0 Å². The molecule has 0 spiro atoms. The van der Waals surface area contributed by atoms with Gasteiger partial charge in [0.05, 0.1) is 0 Å². The fourth-order valence-electron chi connectivity index (χ4n) is 4.31. The van der Waals surface area contributed by atoms with Crippen LogP contribution in [0.5, 0.6) is 0 Å². The first-order valence-electron chi connectivity index (χ1n) is 10.4. The summed E-state index contributed by atoms with van der Waals surface area (Å²) >= 11 is 0. The maximum Gasteiger partial charge on any atom is -0.0126 e. The molecular formula is C27H40. The predicted octanol–water partition coefficient (Wildman–Crippen LogP) is 7.93. The van der Waals surface area contributed by atoms with Gasteiger partial charge in [-0.1, -0.05) is 112 Å². The lowest BCUT2D eigenvalue weighted by molar-refractivity contribution is 0.518. The zero-order valence-corrected chi connectivity index (χ0v) is 19.3. The van der Waals surface area contributed by atoms with Gasteiger partial charge < -0.3 is 0 Å². The van der Waals surface area contributed by atoms with Gasteiger partial charge in [-0.15, -0.1) is 0 Å². The highest BCUT2D eigenvalue weighted by Crippen LogP contribution is 2.40. The van der Waals surface area contributed by atoms with Crippen molar-refractivity contribution in [2.24, 2.45) is 0 Å². The first-order valence-corrected chi connectivity index (χ1v) is 10.4. The fraction of sp³-hybridized carbons (Fsp3) is 0.556. The molecule has 1 unspecified atom stereocenters. The molecule has 0 saturated heterocycles. The minimum atomic E-state index is 0.136. The Morgan fingerprint density at radius 1 is 0.630 bits per heavy atom. The molecule has 2 aromatic carbocycles. The monoisotopic (exact) mass is 364 g/mol. The third kappa shape index (κ3) is 5.03. The second kappa shape index (κ2) is 7.46. The van der Waals surface area contributed by atoms with Crippen molar-refractivity contribution in [3.63, 3.8) is 0 Å². The summed E-state index contributed by atoms with van der Waals surface area (Å²) in [4.78, 5) is 0. The van der Waals surface area contributed by atoms with Gasteiger partial charge in [-0.3, -0.25) is 0 Å². The van der Waals surface area contributed by atoms with Gasteiger partial charge in [0.2, 0.25) is 0 Å². The summed E-state index contributed by atoms with van der Waals surface area (Å²) in [6, 6.07) is 15.9. The molecule has 0 heteroatoms. The van der Waals surface area contributed by atoms with E-state index in [2.05, 4.69) is 112 Å². The average molecular weight is 365 g/mol. The SMILES string of the molecule is CC(Cc1ccccc1C(C)(C)C)c1cccc(C(C)(C)C)c1C(C)(C)C. The van der Waals surface area contributed by atoms with Crippen LogP contribution in [0.2, 0.25) is 0 Å². The molecule has 2 aromatic rings. The van der Waals surface area contributed by atoms with Crippen molar-refractivity contribution in [1.29, 1.82) is 0 Å². The van der Waals surface area contributed by atoms with Crippen LogP contribution in [0.15, 0.2) is 42.5 Å². The van der Waals surface area contributed by atoms with Gasteiger partial charge in [0, 0.05) is 0 Å². The summed E-state index contributed by atoms with van der Waals surface area (Å²) < 4.78 is 0. The molecule has 0 radical (unpaired) electrons. The summed E-state index contributed by atoms with van der Waals surface area (Å²) in [7, 11) is 0. The van der Waals surface area contributed by atoms with E-state index in [4.69, 9.17) is 0 Å². The zero-order chi connectivity index (χ0) is 20.6. The minimum absolute atomic E-state index is 0.136. The highest BCUT2D eigenvalue weighted by molar-refractivity contribution is 5.46. The molecule has 27 heavy (non-hydrogen) atoms. The van der Waals surface area contributed by atoms with Crippen molar-refractivity contribution >= 4 is 0 Å². The van der Waals surface area contributed by atoms with E-state index in [1.807, 2.05) is 0 Å². The number of benzene rings is 2. The van der Waals surface area contributed by atoms with E-state index in [9.17, 15) is 0 Å². The smallest absolute Gasteiger partial charge is 0.0126 e. The van der Waals surface area contributed by atoms with Gasteiger partial charge in [0.1, 0.15) is 0 Å². The zero-order valence-electron chi connectivity index (χ0n) is 19.3. The van der Waals surface area contributed by atoms with Gasteiger partial charge in [-0.25, -0.2) is 0 Å². The van der Waals surface area contributed by atoms with E-state index in [-0.39, 0.29) is 16.2 Å². The third-order valence-electron chi connectivity index (χ3n) is 5.54. The standard InChI is InChI=1S/C27H40/c1-19(18-20-14-11-12-16-22(20)25(2,3)4)21-15-13-17-23(26(5,6)7)24(21)27(8,9)10/h11-17,19H,18H2,1-10H3. The van der Waals surface area contributed by atoms with Crippen molar-refractivity contribution in [1.82, 2.24) is 0 Å². The van der Waals surface area contributed by atoms with Gasteiger partial charge in [0.15, 0.2) is 0 Å². The van der Waals surface area contributed by atoms with Crippen LogP contribution in [0.3, 0.4) is 0 Å². The van der Waals surface area contributed by atoms with Crippen LogP contribution >= 0.6 is 0 Å². The second-order valence-corrected chi connectivity index (χ2v) is 11.3. The number of hydrogen-bond acceptors (Lipinski definition) is 0. The van der Waals surface area contributed by atoms with Crippen molar-refractivity contribution in [2.45, 2.75) is 97.8 Å². The molecule has 0 aliphatic carbocycles. The molecule has 0 saturated carbocycles.